The number of imide groups is 1. The van der Waals surface area contributed by atoms with E-state index in [1.54, 1.807) is 0 Å². The van der Waals surface area contributed by atoms with Crippen LogP contribution in [0, 0.1) is 0 Å². The van der Waals surface area contributed by atoms with Gasteiger partial charge in [0.15, 0.2) is 0 Å². The molecule has 12 heavy (non-hydrogen) atoms. The van der Waals surface area contributed by atoms with E-state index in [2.05, 4.69) is 10.6 Å². The molecule has 0 aromatic carbocycles. The van der Waals surface area contributed by atoms with Crippen molar-refractivity contribution in [1.29, 1.82) is 0 Å². The van der Waals surface area contributed by atoms with Gasteiger partial charge in [0.05, 0.1) is 0 Å². The first-order chi connectivity index (χ1) is 5.73. The first-order valence-electron chi connectivity index (χ1n) is 3.94. The van der Waals surface area contributed by atoms with Gasteiger partial charge in [-0.05, 0) is 24.3 Å². The molecular formula is C7H10N2O2S. The van der Waals surface area contributed by atoms with Gasteiger partial charge in [-0.1, -0.05) is 0 Å². The summed E-state index contributed by atoms with van der Waals surface area (Å²) in [5, 5.41) is 4.99. The lowest BCUT2D eigenvalue weighted by molar-refractivity contribution is -0.124. The summed E-state index contributed by atoms with van der Waals surface area (Å²) in [5.74, 6) is 1.76. The molecule has 2 heterocycles. The lowest BCUT2D eigenvalue weighted by atomic mass is 9.93. The second-order valence-corrected chi connectivity index (χ2v) is 4.33. The van der Waals surface area contributed by atoms with E-state index in [-0.39, 0.29) is 11.9 Å². The third-order valence-corrected chi connectivity index (χ3v) is 3.35. The Labute approximate surface area is 74.5 Å². The zero-order valence-electron chi connectivity index (χ0n) is 6.55. The molecule has 2 rings (SSSR count). The second-order valence-electron chi connectivity index (χ2n) is 3.10. The molecule has 0 unspecified atom stereocenters. The topological polar surface area (TPSA) is 58.2 Å². The predicted octanol–water partition coefficient (Wildman–Crippen LogP) is 0.0916. The number of rotatable bonds is 0. The molecule has 0 aliphatic carbocycles. The van der Waals surface area contributed by atoms with Crippen LogP contribution >= 0.6 is 11.8 Å². The van der Waals surface area contributed by atoms with E-state index in [1.165, 1.54) is 0 Å². The summed E-state index contributed by atoms with van der Waals surface area (Å²) in [7, 11) is 0. The smallest absolute Gasteiger partial charge is 0.322 e. The Kier molecular flexibility index (Phi) is 1.75. The molecule has 3 amide bonds. The van der Waals surface area contributed by atoms with Crippen molar-refractivity contribution < 1.29 is 9.59 Å². The van der Waals surface area contributed by atoms with Gasteiger partial charge in [-0.3, -0.25) is 10.1 Å². The van der Waals surface area contributed by atoms with E-state index in [4.69, 9.17) is 0 Å². The van der Waals surface area contributed by atoms with Crippen molar-refractivity contribution in [2.75, 3.05) is 11.5 Å². The molecule has 2 saturated heterocycles. The number of hydrogen-bond acceptors (Lipinski definition) is 3. The fraction of sp³-hybridized carbons (Fsp3) is 0.714. The monoisotopic (exact) mass is 186 g/mol. The van der Waals surface area contributed by atoms with Crippen LogP contribution < -0.4 is 10.6 Å². The summed E-state index contributed by atoms with van der Waals surface area (Å²) in [6, 6.07) is -0.341. The Hall–Kier alpha value is -0.710. The minimum atomic E-state index is -0.567. The normalized spacial score (nSPS) is 27.0. The van der Waals surface area contributed by atoms with Crippen LogP contribution in [0.1, 0.15) is 12.8 Å². The minimum Gasteiger partial charge on any atom is -0.323 e. The molecule has 2 aliphatic rings. The highest BCUT2D eigenvalue weighted by Gasteiger charge is 2.46. The van der Waals surface area contributed by atoms with Crippen LogP contribution in [0.15, 0.2) is 0 Å². The van der Waals surface area contributed by atoms with E-state index in [0.29, 0.717) is 0 Å². The van der Waals surface area contributed by atoms with Gasteiger partial charge >= 0.3 is 6.03 Å². The average Bonchev–Trinajstić information content (AvgIpc) is 2.29. The highest BCUT2D eigenvalue weighted by atomic mass is 32.2. The van der Waals surface area contributed by atoms with Crippen LogP contribution in [-0.2, 0) is 4.79 Å². The van der Waals surface area contributed by atoms with Crippen molar-refractivity contribution in [1.82, 2.24) is 10.6 Å². The molecule has 0 aromatic heterocycles. The molecular weight excluding hydrogens is 176 g/mol. The molecule has 1 spiro atoms. The molecule has 0 aromatic rings. The third-order valence-electron chi connectivity index (χ3n) is 2.36. The van der Waals surface area contributed by atoms with Crippen molar-refractivity contribution in [2.24, 2.45) is 0 Å². The number of thioether (sulfide) groups is 1. The molecule has 5 heteroatoms. The fourth-order valence-corrected chi connectivity index (χ4v) is 2.79. The maximum absolute atomic E-state index is 11.4. The van der Waals surface area contributed by atoms with Crippen LogP contribution in [-0.4, -0.2) is 29.0 Å². The standard InChI is InChI=1S/C7H10N2O2S/c10-5-7(9-6(11)8-5)1-3-12-4-2-7/h1-4H2,(H2,8,9,10,11). The van der Waals surface area contributed by atoms with Gasteiger partial charge in [-0.25, -0.2) is 4.79 Å². The number of hydrogen-bond donors (Lipinski definition) is 2. The number of carbonyl (C=O) groups is 2. The highest BCUT2D eigenvalue weighted by molar-refractivity contribution is 7.99. The predicted molar refractivity (Wildman–Crippen MR) is 46.0 cm³/mol. The maximum atomic E-state index is 11.4. The molecule has 2 aliphatic heterocycles. The molecule has 0 saturated carbocycles. The maximum Gasteiger partial charge on any atom is 0.322 e. The van der Waals surface area contributed by atoms with Gasteiger partial charge in [-0.2, -0.15) is 11.8 Å². The van der Waals surface area contributed by atoms with E-state index in [9.17, 15) is 9.59 Å². The van der Waals surface area contributed by atoms with E-state index in [0.717, 1.165) is 24.3 Å². The number of nitrogens with one attached hydrogen (secondary N) is 2. The van der Waals surface area contributed by atoms with Gasteiger partial charge in [-0.15, -0.1) is 0 Å². The summed E-state index contributed by atoms with van der Waals surface area (Å²) in [4.78, 5) is 22.2. The summed E-state index contributed by atoms with van der Waals surface area (Å²) in [6.07, 6.45) is 1.52. The Morgan fingerprint density at radius 2 is 1.92 bits per heavy atom. The van der Waals surface area contributed by atoms with Gasteiger partial charge in [0.1, 0.15) is 5.54 Å². The largest absolute Gasteiger partial charge is 0.323 e. The summed E-state index contributed by atoms with van der Waals surface area (Å²) in [5.41, 5.74) is -0.567. The summed E-state index contributed by atoms with van der Waals surface area (Å²) >= 11 is 1.83. The van der Waals surface area contributed by atoms with Crippen LogP contribution in [0.25, 0.3) is 0 Å². The Morgan fingerprint density at radius 1 is 1.25 bits per heavy atom. The second kappa shape index (κ2) is 2.65. The number of amides is 3. The molecule has 0 atom stereocenters. The Balaban J connectivity index is 2.18. The lowest BCUT2D eigenvalue weighted by Gasteiger charge is -2.29. The summed E-state index contributed by atoms with van der Waals surface area (Å²) < 4.78 is 0. The van der Waals surface area contributed by atoms with Crippen LogP contribution in [0.5, 0.6) is 0 Å². The Bertz CT molecular complexity index is 236. The number of urea groups is 1. The van der Waals surface area contributed by atoms with E-state index in [1.807, 2.05) is 11.8 Å². The van der Waals surface area contributed by atoms with Crippen molar-refractivity contribution in [3.8, 4) is 0 Å². The van der Waals surface area contributed by atoms with Gasteiger partial charge < -0.3 is 5.32 Å². The van der Waals surface area contributed by atoms with Gasteiger partial charge in [0.2, 0.25) is 0 Å². The van der Waals surface area contributed by atoms with Crippen LogP contribution in [0.3, 0.4) is 0 Å². The quantitative estimate of drug-likeness (QED) is 0.527. The zero-order valence-corrected chi connectivity index (χ0v) is 7.37. The SMILES string of the molecule is O=C1NC(=O)C2(CCSCC2)N1. The molecule has 0 bridgehead atoms. The van der Waals surface area contributed by atoms with Crippen molar-refractivity contribution in [3.05, 3.63) is 0 Å². The van der Waals surface area contributed by atoms with Gasteiger partial charge in [0, 0.05) is 0 Å². The first kappa shape index (κ1) is 7.91. The molecule has 2 fully saturated rings. The Morgan fingerprint density at radius 3 is 2.42 bits per heavy atom. The summed E-state index contributed by atoms with van der Waals surface area (Å²) in [6.45, 7) is 0. The van der Waals surface area contributed by atoms with Crippen LogP contribution in [0.4, 0.5) is 4.79 Å². The van der Waals surface area contributed by atoms with Crippen molar-refractivity contribution in [2.45, 2.75) is 18.4 Å². The van der Waals surface area contributed by atoms with Crippen molar-refractivity contribution >= 4 is 23.7 Å². The third kappa shape index (κ3) is 1.08. The molecule has 0 radical (unpaired) electrons. The average molecular weight is 186 g/mol. The van der Waals surface area contributed by atoms with Crippen molar-refractivity contribution in [3.63, 3.8) is 0 Å². The molecule has 2 N–H and O–H groups in total. The first-order valence-corrected chi connectivity index (χ1v) is 5.10. The van der Waals surface area contributed by atoms with E-state index < -0.39 is 5.54 Å². The van der Waals surface area contributed by atoms with E-state index >= 15 is 0 Å². The molecule has 66 valence electrons. The fourth-order valence-electron chi connectivity index (χ4n) is 1.60. The zero-order chi connectivity index (χ0) is 8.60. The number of carbonyl (C=O) groups excluding carboxylic acids is 2. The lowest BCUT2D eigenvalue weighted by Crippen LogP contribution is -2.49. The highest BCUT2D eigenvalue weighted by Crippen LogP contribution is 2.29. The van der Waals surface area contributed by atoms with Crippen LogP contribution in [0.2, 0.25) is 0 Å². The molecule has 4 nitrogen and oxygen atoms in total. The van der Waals surface area contributed by atoms with Gasteiger partial charge in [0.25, 0.3) is 5.91 Å². The minimum absolute atomic E-state index is 0.146.